The number of carbonyl (C=O) groups is 1. The second-order valence-corrected chi connectivity index (χ2v) is 8.91. The molecule has 1 amide bonds. The highest BCUT2D eigenvalue weighted by Gasteiger charge is 2.21. The molecule has 2 aromatic carbocycles. The van der Waals surface area contributed by atoms with Gasteiger partial charge in [0.2, 0.25) is 0 Å². The van der Waals surface area contributed by atoms with E-state index < -0.39 is 0 Å². The number of likely N-dealkylation sites (N-methyl/N-ethyl adjacent to an activating group) is 1. The van der Waals surface area contributed by atoms with Gasteiger partial charge in [-0.3, -0.25) is 9.78 Å². The zero-order chi connectivity index (χ0) is 23.2. The molecule has 1 aliphatic heterocycles. The Morgan fingerprint density at radius 1 is 1.18 bits per heavy atom. The molecule has 0 bridgehead atoms. The predicted octanol–water partition coefficient (Wildman–Crippen LogP) is 4.12. The number of ether oxygens (including phenoxy) is 1. The Hall–Kier alpha value is -3.23. The Morgan fingerprint density at radius 3 is 2.88 bits per heavy atom. The second-order valence-electron chi connectivity index (χ2n) is 7.88. The van der Waals surface area contributed by atoms with Gasteiger partial charge < -0.3 is 15.0 Å². The maximum atomic E-state index is 13.3. The molecule has 1 aromatic heterocycles. The molecule has 8 heteroatoms. The summed E-state index contributed by atoms with van der Waals surface area (Å²) in [4.78, 5) is 23.5. The number of halogens is 1. The van der Waals surface area contributed by atoms with Crippen molar-refractivity contribution in [3.8, 4) is 5.75 Å². The van der Waals surface area contributed by atoms with Gasteiger partial charge in [-0.05, 0) is 79.8 Å². The van der Waals surface area contributed by atoms with Gasteiger partial charge in [0.05, 0.1) is 10.4 Å². The molecule has 0 fully saturated rings. The number of benzene rings is 2. The fourth-order valence-electron chi connectivity index (χ4n) is 3.33. The molecule has 4 rings (SSSR count). The molecule has 2 heterocycles. The van der Waals surface area contributed by atoms with Crippen LogP contribution < -0.4 is 10.1 Å². The van der Waals surface area contributed by atoms with Crippen molar-refractivity contribution in [1.82, 2.24) is 15.2 Å². The van der Waals surface area contributed by atoms with Crippen molar-refractivity contribution in [2.24, 2.45) is 4.99 Å². The van der Waals surface area contributed by atoms with Crippen molar-refractivity contribution in [1.29, 1.82) is 0 Å². The Balaban J connectivity index is 1.42. The van der Waals surface area contributed by atoms with E-state index in [-0.39, 0.29) is 11.7 Å². The highest BCUT2D eigenvalue weighted by atomic mass is 32.2. The summed E-state index contributed by atoms with van der Waals surface area (Å²) < 4.78 is 19.3. The number of carbonyl (C=O) groups excluding carboxylic acids is 1. The average molecular weight is 465 g/mol. The summed E-state index contributed by atoms with van der Waals surface area (Å²) in [6, 6.07) is 14.2. The summed E-state index contributed by atoms with van der Waals surface area (Å²) in [5.41, 5.74) is 2.60. The maximum absolute atomic E-state index is 13.3. The minimum atomic E-state index is -0.276. The van der Waals surface area contributed by atoms with E-state index in [9.17, 15) is 9.18 Å². The van der Waals surface area contributed by atoms with E-state index in [4.69, 9.17) is 4.74 Å². The summed E-state index contributed by atoms with van der Waals surface area (Å²) in [5, 5.41) is 4.61. The standard InChI is InChI=1S/C25H25FN4O2S/c1-30(2)12-13-32-22-9-11-27-21-7-6-18(15-20(21)22)16-23-24(31)29-25(33-23)28-10-8-17-4-3-5-19(26)14-17/h3-7,9,11,14-16H,8,10,12-13H2,1-2H3,(H,28,29,31)/b23-16-. The van der Waals surface area contributed by atoms with Crippen molar-refractivity contribution >= 4 is 39.8 Å². The fraction of sp³-hybridized carbons (Fsp3) is 0.240. The van der Waals surface area contributed by atoms with E-state index in [1.54, 1.807) is 12.3 Å². The molecule has 6 nitrogen and oxygen atoms in total. The first-order valence-corrected chi connectivity index (χ1v) is 11.5. The number of aromatic nitrogens is 1. The second kappa shape index (κ2) is 10.6. The third-order valence-electron chi connectivity index (χ3n) is 5.02. The normalized spacial score (nSPS) is 14.8. The third kappa shape index (κ3) is 6.18. The van der Waals surface area contributed by atoms with E-state index in [0.29, 0.717) is 29.6 Å². The van der Waals surface area contributed by atoms with Crippen molar-refractivity contribution in [2.75, 3.05) is 33.8 Å². The van der Waals surface area contributed by atoms with E-state index in [2.05, 4.69) is 20.2 Å². The summed E-state index contributed by atoms with van der Waals surface area (Å²) in [6.07, 6.45) is 4.20. The van der Waals surface area contributed by atoms with Crippen LogP contribution in [-0.4, -0.2) is 54.8 Å². The lowest BCUT2D eigenvalue weighted by Gasteiger charge is -2.12. The molecular formula is C25H25FN4O2S. The Morgan fingerprint density at radius 2 is 2.06 bits per heavy atom. The number of hydrogen-bond donors (Lipinski definition) is 1. The van der Waals surface area contributed by atoms with Crippen molar-refractivity contribution < 1.29 is 13.9 Å². The van der Waals surface area contributed by atoms with Gasteiger partial charge in [-0.1, -0.05) is 18.2 Å². The van der Waals surface area contributed by atoms with Crippen molar-refractivity contribution in [3.05, 3.63) is 76.6 Å². The number of amidine groups is 1. The largest absolute Gasteiger partial charge is 0.491 e. The van der Waals surface area contributed by atoms with Gasteiger partial charge in [-0.25, -0.2) is 4.39 Å². The molecular weight excluding hydrogens is 439 g/mol. The average Bonchev–Trinajstić information content (AvgIpc) is 3.12. The topological polar surface area (TPSA) is 66.8 Å². The first kappa shape index (κ1) is 22.9. The van der Waals surface area contributed by atoms with E-state index in [1.807, 2.05) is 50.5 Å². The first-order valence-electron chi connectivity index (χ1n) is 10.6. The van der Waals surface area contributed by atoms with E-state index in [0.717, 1.165) is 34.3 Å². The molecule has 1 aliphatic rings. The van der Waals surface area contributed by atoms with Gasteiger partial charge in [-0.15, -0.1) is 0 Å². The van der Waals surface area contributed by atoms with E-state index in [1.165, 1.54) is 23.9 Å². The highest BCUT2D eigenvalue weighted by Crippen LogP contribution is 2.30. The number of amides is 1. The van der Waals surface area contributed by atoms with Crippen LogP contribution in [0.25, 0.3) is 17.0 Å². The SMILES string of the molecule is CN(C)CCOc1ccnc2ccc(/C=C3\SC(NCCc4cccc(F)c4)=NC3=O)cc12. The molecule has 0 unspecified atom stereocenters. The summed E-state index contributed by atoms with van der Waals surface area (Å²) >= 11 is 1.30. The lowest BCUT2D eigenvalue weighted by Crippen LogP contribution is -2.21. The van der Waals surface area contributed by atoms with Gasteiger partial charge in [-0.2, -0.15) is 4.99 Å². The molecule has 0 saturated heterocycles. The zero-order valence-electron chi connectivity index (χ0n) is 18.5. The molecule has 0 atom stereocenters. The quantitative estimate of drug-likeness (QED) is 0.506. The Kier molecular flexibility index (Phi) is 7.36. The smallest absolute Gasteiger partial charge is 0.286 e. The monoisotopic (exact) mass is 464 g/mol. The molecule has 170 valence electrons. The number of nitrogens with one attached hydrogen (secondary N) is 1. The van der Waals surface area contributed by atoms with Gasteiger partial charge in [0.15, 0.2) is 5.17 Å². The molecule has 0 aliphatic carbocycles. The number of nitrogens with zero attached hydrogens (tertiary/aromatic N) is 3. The first-order chi connectivity index (χ1) is 16.0. The van der Waals surface area contributed by atoms with Gasteiger partial charge >= 0.3 is 0 Å². The Bertz CT molecular complexity index is 1230. The molecule has 0 spiro atoms. The number of fused-ring (bicyclic) bond motifs is 1. The van der Waals surface area contributed by atoms with Crippen LogP contribution in [0.15, 0.2) is 64.6 Å². The lowest BCUT2D eigenvalue weighted by molar-refractivity contribution is -0.113. The van der Waals surface area contributed by atoms with Crippen molar-refractivity contribution in [3.63, 3.8) is 0 Å². The fourth-order valence-corrected chi connectivity index (χ4v) is 4.17. The maximum Gasteiger partial charge on any atom is 0.286 e. The zero-order valence-corrected chi connectivity index (χ0v) is 19.4. The number of pyridine rings is 1. The summed E-state index contributed by atoms with van der Waals surface area (Å²) in [5.74, 6) is 0.239. The molecule has 1 N–H and O–H groups in total. The van der Waals surface area contributed by atoms with Crippen LogP contribution in [0.2, 0.25) is 0 Å². The van der Waals surface area contributed by atoms with Crippen LogP contribution in [0.4, 0.5) is 4.39 Å². The van der Waals surface area contributed by atoms with Crippen molar-refractivity contribution in [2.45, 2.75) is 6.42 Å². The summed E-state index contributed by atoms with van der Waals surface area (Å²) in [7, 11) is 4.00. The number of hydrogen-bond acceptors (Lipinski definition) is 6. The summed E-state index contributed by atoms with van der Waals surface area (Å²) in [6.45, 7) is 1.94. The van der Waals surface area contributed by atoms with Crippen LogP contribution in [0.5, 0.6) is 5.75 Å². The van der Waals surface area contributed by atoms with Gasteiger partial charge in [0.25, 0.3) is 5.91 Å². The Labute approximate surface area is 196 Å². The van der Waals surface area contributed by atoms with Gasteiger partial charge in [0.1, 0.15) is 18.2 Å². The minimum absolute atomic E-state index is 0.252. The molecule has 0 radical (unpaired) electrons. The minimum Gasteiger partial charge on any atom is -0.491 e. The van der Waals surface area contributed by atoms with Crippen LogP contribution in [-0.2, 0) is 11.2 Å². The van der Waals surface area contributed by atoms with E-state index >= 15 is 0 Å². The predicted molar refractivity (Wildman–Crippen MR) is 132 cm³/mol. The molecule has 33 heavy (non-hydrogen) atoms. The van der Waals surface area contributed by atoms with Crippen LogP contribution in [0.3, 0.4) is 0 Å². The van der Waals surface area contributed by atoms with Gasteiger partial charge in [0, 0.05) is 24.7 Å². The molecule has 0 saturated carbocycles. The lowest BCUT2D eigenvalue weighted by atomic mass is 10.1. The number of aliphatic imine (C=N–C) groups is 1. The number of rotatable bonds is 8. The molecule has 3 aromatic rings. The van der Waals surface area contributed by atoms with Crippen LogP contribution >= 0.6 is 11.8 Å². The van der Waals surface area contributed by atoms with Crippen LogP contribution in [0, 0.1) is 5.82 Å². The highest BCUT2D eigenvalue weighted by molar-refractivity contribution is 8.18. The number of thioether (sulfide) groups is 1. The van der Waals surface area contributed by atoms with Crippen LogP contribution in [0.1, 0.15) is 11.1 Å². The third-order valence-corrected chi connectivity index (χ3v) is 5.96.